The van der Waals surface area contributed by atoms with Crippen molar-refractivity contribution in [2.75, 3.05) is 0 Å². The van der Waals surface area contributed by atoms with Crippen LogP contribution < -0.4 is 4.74 Å². The van der Waals surface area contributed by atoms with Crippen molar-refractivity contribution in [1.29, 1.82) is 0 Å². The number of pyridine rings is 1. The third kappa shape index (κ3) is 9.46. The summed E-state index contributed by atoms with van der Waals surface area (Å²) < 4.78 is 10.7. The second kappa shape index (κ2) is 14.2. The standard InChI is InChI=1S/C27H35NO4/c1-4-6-7-8-9-10-11-27(30)32-24-18-19-25(28-20-24)23-16-14-22(15-17-23)13-12-21(3)31-26(29)5-2/h9-10,14-21H,4-8,11-13H2,1-3H3/b10-9-. The zero-order valence-corrected chi connectivity index (χ0v) is 19.5. The fraction of sp³-hybridized carbons (Fsp3) is 0.444. The van der Waals surface area contributed by atoms with Crippen LogP contribution in [0.2, 0.25) is 0 Å². The lowest BCUT2D eigenvalue weighted by atomic mass is 10.0. The molecule has 0 bridgehead atoms. The number of hydrogen-bond donors (Lipinski definition) is 0. The molecule has 2 rings (SSSR count). The van der Waals surface area contributed by atoms with Crippen LogP contribution in [0.1, 0.15) is 71.3 Å². The van der Waals surface area contributed by atoms with Crippen LogP contribution >= 0.6 is 0 Å². The maximum absolute atomic E-state index is 12.0. The molecular weight excluding hydrogens is 402 g/mol. The summed E-state index contributed by atoms with van der Waals surface area (Å²) in [7, 11) is 0. The number of carbonyl (C=O) groups excluding carboxylic acids is 2. The quantitative estimate of drug-likeness (QED) is 0.204. The van der Waals surface area contributed by atoms with Gasteiger partial charge in [0.15, 0.2) is 0 Å². The normalized spacial score (nSPS) is 12.0. The summed E-state index contributed by atoms with van der Waals surface area (Å²) in [6.45, 7) is 5.89. The number of carbonyl (C=O) groups is 2. The average molecular weight is 438 g/mol. The van der Waals surface area contributed by atoms with Crippen LogP contribution in [0.4, 0.5) is 0 Å². The Morgan fingerprint density at radius 2 is 1.78 bits per heavy atom. The van der Waals surface area contributed by atoms with E-state index in [1.807, 2.05) is 37.3 Å². The molecule has 0 aliphatic rings. The maximum Gasteiger partial charge on any atom is 0.315 e. The van der Waals surface area contributed by atoms with E-state index in [4.69, 9.17) is 9.47 Å². The zero-order chi connectivity index (χ0) is 23.2. The summed E-state index contributed by atoms with van der Waals surface area (Å²) in [5.74, 6) is 0.00628. The molecule has 1 aromatic heterocycles. The Bertz CT molecular complexity index is 856. The number of hydrogen-bond acceptors (Lipinski definition) is 5. The monoisotopic (exact) mass is 437 g/mol. The topological polar surface area (TPSA) is 65.5 Å². The summed E-state index contributed by atoms with van der Waals surface area (Å²) in [5.41, 5.74) is 2.99. The van der Waals surface area contributed by atoms with Crippen molar-refractivity contribution in [3.8, 4) is 17.0 Å². The van der Waals surface area contributed by atoms with Gasteiger partial charge in [-0.25, -0.2) is 0 Å². The van der Waals surface area contributed by atoms with Gasteiger partial charge >= 0.3 is 11.9 Å². The molecule has 5 heteroatoms. The third-order valence-corrected chi connectivity index (χ3v) is 5.10. The highest BCUT2D eigenvalue weighted by molar-refractivity contribution is 5.74. The average Bonchev–Trinajstić information content (AvgIpc) is 2.81. The molecule has 0 saturated carbocycles. The molecular formula is C27H35NO4. The van der Waals surface area contributed by atoms with Crippen LogP contribution in [-0.2, 0) is 20.7 Å². The lowest BCUT2D eigenvalue weighted by Gasteiger charge is -2.12. The van der Waals surface area contributed by atoms with Crippen LogP contribution in [0, 0.1) is 0 Å². The highest BCUT2D eigenvalue weighted by atomic mass is 16.5. The molecule has 0 spiro atoms. The van der Waals surface area contributed by atoms with E-state index in [-0.39, 0.29) is 24.5 Å². The van der Waals surface area contributed by atoms with E-state index in [0.717, 1.165) is 36.9 Å². The molecule has 1 unspecified atom stereocenters. The summed E-state index contributed by atoms with van der Waals surface area (Å²) in [5, 5.41) is 0. The molecule has 5 nitrogen and oxygen atoms in total. The number of unbranched alkanes of at least 4 members (excludes halogenated alkanes) is 3. The van der Waals surface area contributed by atoms with Gasteiger partial charge in [0.1, 0.15) is 5.75 Å². The number of rotatable bonds is 13. The van der Waals surface area contributed by atoms with Crippen molar-refractivity contribution < 1.29 is 19.1 Å². The number of aromatic nitrogens is 1. The number of ether oxygens (including phenoxy) is 2. The van der Waals surface area contributed by atoms with Crippen LogP contribution in [-0.4, -0.2) is 23.0 Å². The van der Waals surface area contributed by atoms with Gasteiger partial charge in [0, 0.05) is 12.0 Å². The van der Waals surface area contributed by atoms with E-state index < -0.39 is 0 Å². The van der Waals surface area contributed by atoms with E-state index in [2.05, 4.69) is 24.0 Å². The molecule has 1 aromatic carbocycles. The third-order valence-electron chi connectivity index (χ3n) is 5.10. The molecule has 172 valence electrons. The van der Waals surface area contributed by atoms with Crippen molar-refractivity contribution in [3.63, 3.8) is 0 Å². The Kier molecular flexibility index (Phi) is 11.2. The minimum absolute atomic E-state index is 0.0874. The molecule has 1 heterocycles. The summed E-state index contributed by atoms with van der Waals surface area (Å²) in [6.07, 6.45) is 12.3. The molecule has 0 saturated heterocycles. The Balaban J connectivity index is 1.80. The Morgan fingerprint density at radius 1 is 1.00 bits per heavy atom. The minimum Gasteiger partial charge on any atom is -0.463 e. The summed E-state index contributed by atoms with van der Waals surface area (Å²) in [4.78, 5) is 27.7. The van der Waals surface area contributed by atoms with Gasteiger partial charge in [0.05, 0.1) is 24.4 Å². The van der Waals surface area contributed by atoms with Crippen LogP contribution in [0.3, 0.4) is 0 Å². The SMILES string of the molecule is CCCCC/C=C\CC(=O)Oc1ccc(-c2ccc(CCC(C)OC(=O)CC)cc2)nc1. The number of nitrogens with zero attached hydrogens (tertiary/aromatic N) is 1. The predicted octanol–water partition coefficient (Wildman–Crippen LogP) is 6.45. The van der Waals surface area contributed by atoms with Crippen molar-refractivity contribution in [1.82, 2.24) is 4.98 Å². The van der Waals surface area contributed by atoms with E-state index in [1.165, 1.54) is 18.4 Å². The van der Waals surface area contributed by atoms with E-state index in [9.17, 15) is 9.59 Å². The first-order chi connectivity index (χ1) is 15.5. The van der Waals surface area contributed by atoms with Gasteiger partial charge in [-0.3, -0.25) is 14.6 Å². The Morgan fingerprint density at radius 3 is 2.44 bits per heavy atom. The molecule has 0 aliphatic heterocycles. The van der Waals surface area contributed by atoms with Gasteiger partial charge < -0.3 is 9.47 Å². The summed E-state index contributed by atoms with van der Waals surface area (Å²) in [6, 6.07) is 11.8. The Labute approximate surface area is 191 Å². The molecule has 0 aliphatic carbocycles. The molecule has 0 N–H and O–H groups in total. The van der Waals surface area contributed by atoms with Crippen LogP contribution in [0.15, 0.2) is 54.7 Å². The van der Waals surface area contributed by atoms with Crippen molar-refractivity contribution >= 4 is 11.9 Å². The minimum atomic E-state index is -0.283. The first-order valence-corrected chi connectivity index (χ1v) is 11.6. The van der Waals surface area contributed by atoms with Crippen LogP contribution in [0.25, 0.3) is 11.3 Å². The second-order valence-electron chi connectivity index (χ2n) is 7.91. The molecule has 0 radical (unpaired) electrons. The fourth-order valence-electron chi connectivity index (χ4n) is 3.17. The number of allylic oxidation sites excluding steroid dienone is 1. The van der Waals surface area contributed by atoms with Crippen molar-refractivity contribution in [2.45, 2.75) is 78.2 Å². The van der Waals surface area contributed by atoms with Gasteiger partial charge in [-0.2, -0.15) is 0 Å². The molecule has 2 aromatic rings. The maximum atomic E-state index is 12.0. The lowest BCUT2D eigenvalue weighted by Crippen LogP contribution is -2.14. The molecule has 1 atom stereocenters. The zero-order valence-electron chi connectivity index (χ0n) is 19.5. The molecule has 0 fully saturated rings. The molecule has 32 heavy (non-hydrogen) atoms. The van der Waals surface area contributed by atoms with Gasteiger partial charge in [-0.1, -0.05) is 63.1 Å². The lowest BCUT2D eigenvalue weighted by molar-refractivity contribution is -0.148. The second-order valence-corrected chi connectivity index (χ2v) is 7.91. The smallest absolute Gasteiger partial charge is 0.315 e. The van der Waals surface area contributed by atoms with Gasteiger partial charge in [0.2, 0.25) is 0 Å². The number of benzene rings is 1. The summed E-state index contributed by atoms with van der Waals surface area (Å²) >= 11 is 0. The van der Waals surface area contributed by atoms with Crippen LogP contribution in [0.5, 0.6) is 5.75 Å². The first kappa shape index (κ1) is 25.3. The van der Waals surface area contributed by atoms with E-state index in [0.29, 0.717) is 12.2 Å². The largest absolute Gasteiger partial charge is 0.463 e. The van der Waals surface area contributed by atoms with E-state index >= 15 is 0 Å². The predicted molar refractivity (Wildman–Crippen MR) is 127 cm³/mol. The number of aryl methyl sites for hydroxylation is 1. The fourth-order valence-corrected chi connectivity index (χ4v) is 3.17. The van der Waals surface area contributed by atoms with Gasteiger partial charge in [-0.15, -0.1) is 0 Å². The highest BCUT2D eigenvalue weighted by Crippen LogP contribution is 2.21. The molecule has 0 amide bonds. The number of esters is 2. The van der Waals surface area contributed by atoms with Gasteiger partial charge in [0.25, 0.3) is 0 Å². The highest BCUT2D eigenvalue weighted by Gasteiger charge is 2.08. The van der Waals surface area contributed by atoms with E-state index in [1.54, 1.807) is 19.2 Å². The Hall–Kier alpha value is -2.95. The first-order valence-electron chi connectivity index (χ1n) is 11.6. The van der Waals surface area contributed by atoms with Crippen molar-refractivity contribution in [3.05, 3.63) is 60.3 Å². The van der Waals surface area contributed by atoms with Crippen molar-refractivity contribution in [2.24, 2.45) is 0 Å². The van der Waals surface area contributed by atoms with Gasteiger partial charge in [-0.05, 0) is 50.3 Å².